The predicted molar refractivity (Wildman–Crippen MR) is 256 cm³/mol. The van der Waals surface area contributed by atoms with E-state index < -0.39 is 72.5 Å². The van der Waals surface area contributed by atoms with Crippen LogP contribution in [0.2, 0.25) is 0 Å². The molecular formula is C57H34N4O2. The lowest BCUT2D eigenvalue weighted by Crippen LogP contribution is -2.00. The molecule has 0 bridgehead atoms. The van der Waals surface area contributed by atoms with Gasteiger partial charge in [0.15, 0.2) is 23.1 Å². The number of furan rings is 2. The van der Waals surface area contributed by atoms with Gasteiger partial charge in [-0.2, -0.15) is 0 Å². The van der Waals surface area contributed by atoms with Crippen LogP contribution in [-0.4, -0.2) is 19.5 Å². The summed E-state index contributed by atoms with van der Waals surface area (Å²) >= 11 is 0. The van der Waals surface area contributed by atoms with Gasteiger partial charge in [-0.3, -0.25) is 0 Å². The Morgan fingerprint density at radius 1 is 0.381 bits per heavy atom. The van der Waals surface area contributed by atoms with Gasteiger partial charge in [0.25, 0.3) is 0 Å². The Bertz CT molecular complexity index is 4630. The normalized spacial score (nSPS) is 14.5. The second kappa shape index (κ2) is 14.0. The van der Waals surface area contributed by atoms with Gasteiger partial charge in [-0.05, 0) is 70.7 Å². The first-order valence-electron chi connectivity index (χ1n) is 26.1. The highest BCUT2D eigenvalue weighted by atomic mass is 16.3. The topological polar surface area (TPSA) is 69.9 Å². The van der Waals surface area contributed by atoms with Crippen LogP contribution in [0.15, 0.2) is 215 Å². The van der Waals surface area contributed by atoms with Gasteiger partial charge in [0, 0.05) is 49.0 Å². The van der Waals surface area contributed by atoms with Gasteiger partial charge in [-0.25, -0.2) is 15.0 Å². The van der Waals surface area contributed by atoms with E-state index >= 15 is 0 Å². The average molecular weight is 819 g/mol. The number of hydrogen-bond acceptors (Lipinski definition) is 5. The Kier molecular flexibility index (Phi) is 5.60. The number of para-hydroxylation sites is 3. The van der Waals surface area contributed by atoms with E-state index in [9.17, 15) is 5.48 Å². The summed E-state index contributed by atoms with van der Waals surface area (Å²) in [6.45, 7) is 0. The number of benzene rings is 9. The van der Waals surface area contributed by atoms with Crippen molar-refractivity contribution in [1.29, 1.82) is 0 Å². The minimum absolute atomic E-state index is 0.0259. The van der Waals surface area contributed by atoms with Gasteiger partial charge < -0.3 is 13.4 Å². The molecule has 4 heterocycles. The van der Waals surface area contributed by atoms with E-state index in [0.717, 1.165) is 33.0 Å². The van der Waals surface area contributed by atoms with E-state index in [2.05, 4.69) is 36.4 Å². The van der Waals surface area contributed by atoms with Crippen molar-refractivity contribution < 1.29 is 25.3 Å². The van der Waals surface area contributed by atoms with Crippen molar-refractivity contribution in [2.24, 2.45) is 0 Å². The molecule has 0 aliphatic heterocycles. The Morgan fingerprint density at radius 3 is 1.97 bits per heavy atom. The quantitative estimate of drug-likeness (QED) is 0.167. The average Bonchev–Trinajstić information content (AvgIpc) is 4.14. The zero-order valence-corrected chi connectivity index (χ0v) is 32.8. The summed E-state index contributed by atoms with van der Waals surface area (Å²) in [7, 11) is 0. The fraction of sp³-hybridized carbons (Fsp3) is 0. The summed E-state index contributed by atoms with van der Waals surface area (Å²) in [4.78, 5) is 14.9. The molecule has 294 valence electrons. The molecule has 4 aromatic heterocycles. The molecule has 13 aromatic rings. The van der Waals surface area contributed by atoms with Crippen molar-refractivity contribution in [3.8, 4) is 62.1 Å². The Hall–Kier alpha value is -8.61. The van der Waals surface area contributed by atoms with Crippen molar-refractivity contribution in [2.45, 2.75) is 0 Å². The number of fused-ring (bicyclic) bond motifs is 9. The van der Waals surface area contributed by atoms with Crippen LogP contribution in [0, 0.1) is 0 Å². The highest BCUT2D eigenvalue weighted by molar-refractivity contribution is 6.16. The Balaban J connectivity index is 1.06. The van der Waals surface area contributed by atoms with E-state index in [1.54, 1.807) is 0 Å². The second-order valence-electron chi connectivity index (χ2n) is 15.0. The molecule has 0 aliphatic carbocycles. The SMILES string of the molecule is [2H]c1cc2c(oc3c([2H])c([2H])c([2H])c(-c4nc(-c5ccccc5)nc(-c5ccc6c(c5)oc5cccc(-c7cccc(-c8ccccc8)c7)c56)n4)c32)c(-n2c3cc([2H])c([2H])c([2H])c3c3c([2H])c([2H])c([2H])c([2H])c32)c1[2H]. The fourth-order valence-corrected chi connectivity index (χ4v) is 8.61. The van der Waals surface area contributed by atoms with Gasteiger partial charge in [-0.15, -0.1) is 0 Å². The first-order chi connectivity index (χ1) is 36.2. The molecule has 6 nitrogen and oxygen atoms in total. The molecule has 0 fully saturated rings. The fourth-order valence-electron chi connectivity index (χ4n) is 8.61. The lowest BCUT2D eigenvalue weighted by Gasteiger charge is -2.10. The van der Waals surface area contributed by atoms with Crippen molar-refractivity contribution in [2.75, 3.05) is 0 Å². The van der Waals surface area contributed by atoms with Gasteiger partial charge in [-0.1, -0.05) is 158 Å². The molecule has 9 aromatic carbocycles. The monoisotopic (exact) mass is 818 g/mol. The van der Waals surface area contributed by atoms with E-state index in [1.807, 2.05) is 84.9 Å². The summed E-state index contributed by atoms with van der Waals surface area (Å²) < 4.78 is 122. The third-order valence-corrected chi connectivity index (χ3v) is 11.4. The minimum Gasteiger partial charge on any atom is -0.456 e. The van der Waals surface area contributed by atoms with Crippen molar-refractivity contribution in [3.05, 3.63) is 206 Å². The summed E-state index contributed by atoms with van der Waals surface area (Å²) in [6.07, 6.45) is 0. The maximum Gasteiger partial charge on any atom is 0.164 e. The summed E-state index contributed by atoms with van der Waals surface area (Å²) in [5.41, 5.74) is 5.63. The minimum atomic E-state index is -0.628. The highest BCUT2D eigenvalue weighted by Crippen LogP contribution is 2.42. The summed E-state index contributed by atoms with van der Waals surface area (Å²) in [5.74, 6) is 0.313. The van der Waals surface area contributed by atoms with Crippen LogP contribution in [0.5, 0.6) is 0 Å². The van der Waals surface area contributed by atoms with Gasteiger partial charge in [0.05, 0.1) is 33.2 Å². The number of nitrogens with zero attached hydrogens (tertiary/aromatic N) is 4. The van der Waals surface area contributed by atoms with Crippen molar-refractivity contribution in [1.82, 2.24) is 19.5 Å². The van der Waals surface area contributed by atoms with Crippen LogP contribution in [0.1, 0.15) is 16.4 Å². The lowest BCUT2D eigenvalue weighted by molar-refractivity contribution is 0.666. The van der Waals surface area contributed by atoms with Crippen LogP contribution in [-0.2, 0) is 0 Å². The number of rotatable bonds is 6. The second-order valence-corrected chi connectivity index (χ2v) is 15.0. The third kappa shape index (κ3) is 5.62. The van der Waals surface area contributed by atoms with Gasteiger partial charge in [0.1, 0.15) is 16.7 Å². The van der Waals surface area contributed by atoms with E-state index in [-0.39, 0.29) is 72.5 Å². The Morgan fingerprint density at radius 2 is 1.10 bits per heavy atom. The molecule has 0 unspecified atom stereocenters. The smallest absolute Gasteiger partial charge is 0.164 e. The maximum absolute atomic E-state index is 9.51. The van der Waals surface area contributed by atoms with E-state index in [4.69, 9.17) is 34.8 Å². The molecule has 13 rings (SSSR count). The largest absolute Gasteiger partial charge is 0.456 e. The van der Waals surface area contributed by atoms with Crippen LogP contribution >= 0.6 is 0 Å². The molecule has 6 heteroatoms. The van der Waals surface area contributed by atoms with E-state index in [0.29, 0.717) is 22.3 Å². The van der Waals surface area contributed by atoms with Gasteiger partial charge >= 0.3 is 0 Å². The standard InChI is InChI=1S/C57H34N4O2/c1-3-15-35(16-4-1)37-19-11-20-38(33-37)40-23-13-29-49-52(40)43-32-31-39(34-51(43)62-49)56-58-55(36-17-5-2-6-18-36)59-57(60-56)45-25-14-30-50-53(45)44-24-12-28-48(54(44)63-50)61-46-26-9-7-21-41(46)42-22-8-10-27-47(42)61/h1-34H/i7D,8D,9D,10D,12D,14D,21D,22D,25D,26D,28D,30D. The first kappa shape index (κ1) is 25.2. The van der Waals surface area contributed by atoms with E-state index in [1.165, 1.54) is 16.7 Å². The zero-order valence-electron chi connectivity index (χ0n) is 44.8. The molecule has 0 N–H and O–H groups in total. The van der Waals surface area contributed by atoms with Gasteiger partial charge in [0.2, 0.25) is 0 Å². The molecule has 63 heavy (non-hydrogen) atoms. The van der Waals surface area contributed by atoms with Crippen LogP contribution in [0.4, 0.5) is 0 Å². The predicted octanol–water partition coefficient (Wildman–Crippen LogP) is 15.1. The van der Waals surface area contributed by atoms with Crippen LogP contribution < -0.4 is 0 Å². The lowest BCUT2D eigenvalue weighted by atomic mass is 9.96. The Labute approximate surface area is 377 Å². The molecule has 0 amide bonds. The molecule has 0 saturated carbocycles. The third-order valence-electron chi connectivity index (χ3n) is 11.4. The highest BCUT2D eigenvalue weighted by Gasteiger charge is 2.22. The van der Waals surface area contributed by atoms with Crippen LogP contribution in [0.25, 0.3) is 128 Å². The molecule has 0 atom stereocenters. The van der Waals surface area contributed by atoms with Crippen molar-refractivity contribution in [3.63, 3.8) is 0 Å². The van der Waals surface area contributed by atoms with Crippen molar-refractivity contribution >= 4 is 65.7 Å². The summed E-state index contributed by atoms with van der Waals surface area (Å²) in [6, 6.07) is 35.8. The number of aromatic nitrogens is 4. The molecule has 0 saturated heterocycles. The van der Waals surface area contributed by atoms with Crippen LogP contribution in [0.3, 0.4) is 0 Å². The summed E-state index contributed by atoms with van der Waals surface area (Å²) in [5, 5.41) is 1.69. The molecule has 0 radical (unpaired) electrons. The molecule has 0 aliphatic rings. The maximum atomic E-state index is 9.51. The molecular weight excluding hydrogens is 773 g/mol. The molecule has 0 spiro atoms. The number of hydrogen-bond donors (Lipinski definition) is 0. The zero-order chi connectivity index (χ0) is 51.9. The first-order valence-corrected chi connectivity index (χ1v) is 20.1.